The van der Waals surface area contributed by atoms with Crippen molar-refractivity contribution in [2.24, 2.45) is 10.2 Å². The molecule has 3 aromatic rings. The summed E-state index contributed by atoms with van der Waals surface area (Å²) in [5, 5.41) is 20.6. The van der Waals surface area contributed by atoms with Crippen LogP contribution in [0.2, 0.25) is 5.02 Å². The number of aromatic hydroxyl groups is 1. The zero-order valence-electron chi connectivity index (χ0n) is 10.5. The van der Waals surface area contributed by atoms with Gasteiger partial charge in [0.05, 0.1) is 5.02 Å². The van der Waals surface area contributed by atoms with Crippen molar-refractivity contribution in [1.29, 1.82) is 0 Å². The SMILES string of the molecule is Oc1c(N=Nc2ccccc2Cl)ccc2ccccc12. The molecular weight excluding hydrogens is 272 g/mol. The molecule has 0 amide bonds. The van der Waals surface area contributed by atoms with Gasteiger partial charge in [0.2, 0.25) is 0 Å². The molecule has 0 radical (unpaired) electrons. The van der Waals surface area contributed by atoms with Crippen molar-refractivity contribution < 1.29 is 5.11 Å². The molecule has 0 atom stereocenters. The van der Waals surface area contributed by atoms with Crippen molar-refractivity contribution >= 4 is 33.7 Å². The van der Waals surface area contributed by atoms with E-state index in [1.807, 2.05) is 42.5 Å². The normalized spacial score (nSPS) is 11.2. The van der Waals surface area contributed by atoms with Gasteiger partial charge in [-0.3, -0.25) is 0 Å². The van der Waals surface area contributed by atoms with Gasteiger partial charge in [-0.25, -0.2) is 0 Å². The highest BCUT2D eigenvalue weighted by Gasteiger charge is 2.05. The number of phenolic OH excluding ortho intramolecular Hbond substituents is 1. The summed E-state index contributed by atoms with van der Waals surface area (Å²) in [6, 6.07) is 18.4. The summed E-state index contributed by atoms with van der Waals surface area (Å²) in [5.74, 6) is 0.124. The lowest BCUT2D eigenvalue weighted by Crippen LogP contribution is -1.74. The van der Waals surface area contributed by atoms with Crippen molar-refractivity contribution in [3.8, 4) is 5.75 Å². The molecule has 0 heterocycles. The number of azo groups is 1. The van der Waals surface area contributed by atoms with Crippen LogP contribution in [0.15, 0.2) is 70.9 Å². The Hall–Kier alpha value is -2.39. The number of phenols is 1. The molecule has 4 heteroatoms. The van der Waals surface area contributed by atoms with Crippen molar-refractivity contribution in [1.82, 2.24) is 0 Å². The van der Waals surface area contributed by atoms with Crippen molar-refractivity contribution in [3.05, 3.63) is 65.7 Å². The molecule has 0 spiro atoms. The van der Waals surface area contributed by atoms with Gasteiger partial charge in [-0.2, -0.15) is 0 Å². The molecule has 3 nitrogen and oxygen atoms in total. The zero-order valence-corrected chi connectivity index (χ0v) is 11.2. The van der Waals surface area contributed by atoms with E-state index in [4.69, 9.17) is 11.6 Å². The number of rotatable bonds is 2. The first-order valence-corrected chi connectivity index (χ1v) is 6.50. The van der Waals surface area contributed by atoms with Crippen LogP contribution in [0.25, 0.3) is 10.8 Å². The molecule has 0 fully saturated rings. The number of hydrogen-bond donors (Lipinski definition) is 1. The fraction of sp³-hybridized carbons (Fsp3) is 0. The third-order valence-corrected chi connectivity index (χ3v) is 3.32. The van der Waals surface area contributed by atoms with Gasteiger partial charge in [0.25, 0.3) is 0 Å². The van der Waals surface area contributed by atoms with Gasteiger partial charge >= 0.3 is 0 Å². The Kier molecular flexibility index (Phi) is 3.35. The second-order valence-electron chi connectivity index (χ2n) is 4.31. The maximum atomic E-state index is 10.2. The number of fused-ring (bicyclic) bond motifs is 1. The Bertz CT molecular complexity index is 799. The Morgan fingerprint density at radius 3 is 2.30 bits per heavy atom. The summed E-state index contributed by atoms with van der Waals surface area (Å²) in [6.45, 7) is 0. The van der Waals surface area contributed by atoms with E-state index in [2.05, 4.69) is 10.2 Å². The van der Waals surface area contributed by atoms with E-state index in [1.54, 1.807) is 18.2 Å². The number of hydrogen-bond acceptors (Lipinski definition) is 3. The fourth-order valence-electron chi connectivity index (χ4n) is 1.96. The molecule has 0 unspecified atom stereocenters. The van der Waals surface area contributed by atoms with E-state index in [1.165, 1.54) is 0 Å². The molecule has 0 aliphatic rings. The monoisotopic (exact) mass is 282 g/mol. The second kappa shape index (κ2) is 5.31. The molecule has 0 aliphatic heterocycles. The molecule has 98 valence electrons. The van der Waals surface area contributed by atoms with E-state index < -0.39 is 0 Å². The molecule has 1 N–H and O–H groups in total. The highest BCUT2D eigenvalue weighted by molar-refractivity contribution is 6.32. The molecule has 0 aliphatic carbocycles. The molecule has 0 aromatic heterocycles. The van der Waals surface area contributed by atoms with Crippen LogP contribution in [0.5, 0.6) is 5.75 Å². The van der Waals surface area contributed by atoms with Crippen LogP contribution in [0.1, 0.15) is 0 Å². The lowest BCUT2D eigenvalue weighted by Gasteiger charge is -2.03. The number of halogens is 1. The summed E-state index contributed by atoms with van der Waals surface area (Å²) in [5.41, 5.74) is 0.991. The van der Waals surface area contributed by atoms with Crippen LogP contribution < -0.4 is 0 Å². The predicted molar refractivity (Wildman–Crippen MR) is 81.2 cm³/mol. The van der Waals surface area contributed by atoms with Crippen LogP contribution in [-0.2, 0) is 0 Å². The quantitative estimate of drug-likeness (QED) is 0.610. The van der Waals surface area contributed by atoms with Crippen LogP contribution in [0.3, 0.4) is 0 Å². The first kappa shape index (κ1) is 12.6. The van der Waals surface area contributed by atoms with E-state index in [0.29, 0.717) is 16.4 Å². The van der Waals surface area contributed by atoms with E-state index in [9.17, 15) is 5.11 Å². The molecule has 3 rings (SSSR count). The summed E-state index contributed by atoms with van der Waals surface area (Å²) in [7, 11) is 0. The maximum absolute atomic E-state index is 10.2. The minimum absolute atomic E-state index is 0.124. The van der Waals surface area contributed by atoms with Crippen LogP contribution in [0, 0.1) is 0 Å². The third-order valence-electron chi connectivity index (χ3n) is 3.00. The molecule has 0 saturated carbocycles. The Labute approximate surface area is 121 Å². The topological polar surface area (TPSA) is 45.0 Å². The van der Waals surface area contributed by atoms with Gasteiger partial charge in [-0.15, -0.1) is 10.2 Å². The maximum Gasteiger partial charge on any atom is 0.150 e. The fourth-order valence-corrected chi connectivity index (χ4v) is 2.14. The van der Waals surface area contributed by atoms with Gasteiger partial charge in [-0.1, -0.05) is 54.1 Å². The van der Waals surface area contributed by atoms with Crippen LogP contribution in [0.4, 0.5) is 11.4 Å². The van der Waals surface area contributed by atoms with E-state index >= 15 is 0 Å². The van der Waals surface area contributed by atoms with Gasteiger partial charge in [0, 0.05) is 5.39 Å². The van der Waals surface area contributed by atoms with Gasteiger partial charge in [0.15, 0.2) is 5.75 Å². The molecule has 0 bridgehead atoms. The summed E-state index contributed by atoms with van der Waals surface area (Å²) < 4.78 is 0. The van der Waals surface area contributed by atoms with Gasteiger partial charge < -0.3 is 5.11 Å². The van der Waals surface area contributed by atoms with Gasteiger partial charge in [-0.05, 0) is 23.6 Å². The number of nitrogens with zero attached hydrogens (tertiary/aromatic N) is 2. The van der Waals surface area contributed by atoms with Crippen LogP contribution >= 0.6 is 11.6 Å². The lowest BCUT2D eigenvalue weighted by molar-refractivity contribution is 0.482. The molecule has 0 saturated heterocycles. The Balaban J connectivity index is 2.03. The first-order valence-electron chi connectivity index (χ1n) is 6.13. The average molecular weight is 283 g/mol. The lowest BCUT2D eigenvalue weighted by atomic mass is 10.1. The minimum atomic E-state index is 0.124. The first-order chi connectivity index (χ1) is 9.75. The Morgan fingerprint density at radius 1 is 0.750 bits per heavy atom. The zero-order chi connectivity index (χ0) is 13.9. The van der Waals surface area contributed by atoms with E-state index in [0.717, 1.165) is 10.8 Å². The smallest absolute Gasteiger partial charge is 0.150 e. The predicted octanol–water partition coefficient (Wildman–Crippen LogP) is 5.61. The summed E-state index contributed by atoms with van der Waals surface area (Å²) in [6.07, 6.45) is 0. The summed E-state index contributed by atoms with van der Waals surface area (Å²) in [4.78, 5) is 0. The van der Waals surface area contributed by atoms with Crippen molar-refractivity contribution in [2.45, 2.75) is 0 Å². The van der Waals surface area contributed by atoms with Gasteiger partial charge in [0.1, 0.15) is 11.4 Å². The third kappa shape index (κ3) is 2.36. The standard InChI is InChI=1S/C16H11ClN2O/c17-13-7-3-4-8-14(13)18-19-15-10-9-11-5-1-2-6-12(11)16(15)20/h1-10,20H. The molecular formula is C16H11ClN2O. The average Bonchev–Trinajstić information content (AvgIpc) is 2.48. The van der Waals surface area contributed by atoms with E-state index in [-0.39, 0.29) is 5.75 Å². The van der Waals surface area contributed by atoms with Crippen molar-refractivity contribution in [3.63, 3.8) is 0 Å². The Morgan fingerprint density at radius 2 is 1.45 bits per heavy atom. The molecule has 20 heavy (non-hydrogen) atoms. The number of benzene rings is 3. The second-order valence-corrected chi connectivity index (χ2v) is 4.71. The minimum Gasteiger partial charge on any atom is -0.505 e. The highest BCUT2D eigenvalue weighted by atomic mass is 35.5. The van der Waals surface area contributed by atoms with Crippen LogP contribution in [-0.4, -0.2) is 5.11 Å². The molecule has 3 aromatic carbocycles. The summed E-state index contributed by atoms with van der Waals surface area (Å²) >= 11 is 6.01. The largest absolute Gasteiger partial charge is 0.505 e. The van der Waals surface area contributed by atoms with Crippen molar-refractivity contribution in [2.75, 3.05) is 0 Å². The highest BCUT2D eigenvalue weighted by Crippen LogP contribution is 2.36.